The summed E-state index contributed by atoms with van der Waals surface area (Å²) in [5.74, 6) is 0. The molecule has 3 heteroatoms. The van der Waals surface area contributed by atoms with Gasteiger partial charge in [0, 0.05) is 19.9 Å². The van der Waals surface area contributed by atoms with E-state index in [0.717, 1.165) is 13.2 Å². The van der Waals surface area contributed by atoms with Crippen LogP contribution in [0.4, 0.5) is 5.69 Å². The van der Waals surface area contributed by atoms with Crippen molar-refractivity contribution in [1.82, 2.24) is 4.98 Å². The molecule has 0 N–H and O–H groups in total. The minimum Gasteiger partial charge on any atom is -0.383 e. The van der Waals surface area contributed by atoms with Gasteiger partial charge in [0.15, 0.2) is 0 Å². The van der Waals surface area contributed by atoms with Gasteiger partial charge in [-0.05, 0) is 25.0 Å². The Balaban J connectivity index is 2.10. The summed E-state index contributed by atoms with van der Waals surface area (Å²) in [6, 6.07) is 4.63. The first kappa shape index (κ1) is 9.46. The van der Waals surface area contributed by atoms with Gasteiger partial charge < -0.3 is 9.64 Å². The molecule has 0 amide bonds. The predicted octanol–water partition coefficient (Wildman–Crippen LogP) is 1.70. The molecule has 1 fully saturated rings. The van der Waals surface area contributed by atoms with Gasteiger partial charge in [-0.25, -0.2) is 0 Å². The van der Waals surface area contributed by atoms with Gasteiger partial charge in [-0.3, -0.25) is 4.98 Å². The predicted molar refractivity (Wildman–Crippen MR) is 56.5 cm³/mol. The molecule has 0 aliphatic carbocycles. The lowest BCUT2D eigenvalue weighted by Crippen LogP contribution is -2.32. The lowest BCUT2D eigenvalue weighted by Gasteiger charge is -2.25. The highest BCUT2D eigenvalue weighted by Crippen LogP contribution is 2.24. The van der Waals surface area contributed by atoms with E-state index in [-0.39, 0.29) is 0 Å². The highest BCUT2D eigenvalue weighted by molar-refractivity contribution is 5.45. The lowest BCUT2D eigenvalue weighted by atomic mass is 10.2. The van der Waals surface area contributed by atoms with E-state index in [1.807, 2.05) is 18.5 Å². The van der Waals surface area contributed by atoms with Crippen LogP contribution in [-0.2, 0) is 4.74 Å². The third-order valence-corrected chi connectivity index (χ3v) is 2.71. The zero-order valence-corrected chi connectivity index (χ0v) is 8.52. The van der Waals surface area contributed by atoms with Crippen LogP contribution in [0.15, 0.2) is 24.5 Å². The van der Waals surface area contributed by atoms with E-state index < -0.39 is 0 Å². The van der Waals surface area contributed by atoms with Crippen LogP contribution in [0.1, 0.15) is 12.8 Å². The number of hydrogen-bond donors (Lipinski definition) is 0. The van der Waals surface area contributed by atoms with Crippen LogP contribution >= 0.6 is 0 Å². The van der Waals surface area contributed by atoms with E-state index in [4.69, 9.17) is 4.74 Å². The van der Waals surface area contributed by atoms with E-state index in [9.17, 15) is 0 Å². The number of pyridine rings is 1. The molecule has 1 aromatic heterocycles. The Morgan fingerprint density at radius 3 is 3.29 bits per heavy atom. The van der Waals surface area contributed by atoms with E-state index >= 15 is 0 Å². The smallest absolute Gasteiger partial charge is 0.0666 e. The normalized spacial score (nSPS) is 21.5. The third kappa shape index (κ3) is 1.87. The average molecular weight is 192 g/mol. The lowest BCUT2D eigenvalue weighted by molar-refractivity contribution is 0.181. The second-order valence-electron chi connectivity index (χ2n) is 3.66. The molecule has 0 radical (unpaired) electrons. The van der Waals surface area contributed by atoms with Crippen LogP contribution < -0.4 is 4.90 Å². The Morgan fingerprint density at radius 1 is 1.64 bits per heavy atom. The molecule has 2 heterocycles. The molecular weight excluding hydrogens is 176 g/mol. The van der Waals surface area contributed by atoms with Gasteiger partial charge in [0.2, 0.25) is 0 Å². The Hall–Kier alpha value is -1.09. The average Bonchev–Trinajstić information content (AvgIpc) is 2.68. The minimum absolute atomic E-state index is 0.532. The number of nitrogens with zero attached hydrogens (tertiary/aromatic N) is 2. The van der Waals surface area contributed by atoms with Crippen LogP contribution in [0.25, 0.3) is 0 Å². The summed E-state index contributed by atoms with van der Waals surface area (Å²) < 4.78 is 5.22. The van der Waals surface area contributed by atoms with Gasteiger partial charge in [-0.2, -0.15) is 0 Å². The topological polar surface area (TPSA) is 25.4 Å². The van der Waals surface area contributed by atoms with Gasteiger partial charge in [-0.15, -0.1) is 0 Å². The molecule has 76 valence electrons. The van der Waals surface area contributed by atoms with Crippen LogP contribution in [0, 0.1) is 0 Å². The summed E-state index contributed by atoms with van der Waals surface area (Å²) in [7, 11) is 1.76. The van der Waals surface area contributed by atoms with Crippen LogP contribution in [0.5, 0.6) is 0 Å². The van der Waals surface area contributed by atoms with Crippen molar-refractivity contribution in [2.75, 3.05) is 25.2 Å². The Morgan fingerprint density at radius 2 is 2.57 bits per heavy atom. The summed E-state index contributed by atoms with van der Waals surface area (Å²) in [4.78, 5) is 6.53. The van der Waals surface area contributed by atoms with E-state index in [1.54, 1.807) is 7.11 Å². The molecule has 1 atom stereocenters. The first-order valence-electron chi connectivity index (χ1n) is 5.07. The largest absolute Gasteiger partial charge is 0.383 e. The summed E-state index contributed by atoms with van der Waals surface area (Å²) >= 11 is 0. The number of hydrogen-bond acceptors (Lipinski definition) is 3. The third-order valence-electron chi connectivity index (χ3n) is 2.71. The zero-order chi connectivity index (χ0) is 9.80. The first-order chi connectivity index (χ1) is 6.92. The second-order valence-corrected chi connectivity index (χ2v) is 3.66. The van der Waals surface area contributed by atoms with Crippen molar-refractivity contribution in [3.63, 3.8) is 0 Å². The summed E-state index contributed by atoms with van der Waals surface area (Å²) in [5, 5.41) is 0. The molecular formula is C11H16N2O. The maximum Gasteiger partial charge on any atom is 0.0666 e. The maximum absolute atomic E-state index is 5.22. The van der Waals surface area contributed by atoms with Gasteiger partial charge in [0.25, 0.3) is 0 Å². The summed E-state index contributed by atoms with van der Waals surface area (Å²) in [5.41, 5.74) is 1.21. The van der Waals surface area contributed by atoms with Crippen molar-refractivity contribution < 1.29 is 4.74 Å². The fourth-order valence-corrected chi connectivity index (χ4v) is 2.06. The molecule has 1 aliphatic rings. The molecule has 1 unspecified atom stereocenters. The highest BCUT2D eigenvalue weighted by atomic mass is 16.5. The SMILES string of the molecule is COCC1CCCN1c1cccnc1. The fourth-order valence-electron chi connectivity index (χ4n) is 2.06. The van der Waals surface area contributed by atoms with Crippen LogP contribution in [-0.4, -0.2) is 31.3 Å². The van der Waals surface area contributed by atoms with Gasteiger partial charge in [-0.1, -0.05) is 0 Å². The summed E-state index contributed by atoms with van der Waals surface area (Å²) in [6.45, 7) is 1.94. The maximum atomic E-state index is 5.22. The molecule has 0 bridgehead atoms. The molecule has 2 rings (SSSR count). The number of ether oxygens (including phenoxy) is 1. The van der Waals surface area contributed by atoms with E-state index in [0.29, 0.717) is 6.04 Å². The zero-order valence-electron chi connectivity index (χ0n) is 8.52. The van der Waals surface area contributed by atoms with E-state index in [1.165, 1.54) is 18.5 Å². The van der Waals surface area contributed by atoms with Crippen LogP contribution in [0.2, 0.25) is 0 Å². The molecule has 1 aliphatic heterocycles. The minimum atomic E-state index is 0.532. The Labute approximate surface area is 84.7 Å². The van der Waals surface area contributed by atoms with Gasteiger partial charge in [0.05, 0.1) is 24.5 Å². The van der Waals surface area contributed by atoms with Crippen molar-refractivity contribution in [3.8, 4) is 0 Å². The Kier molecular flexibility index (Phi) is 2.99. The molecule has 1 saturated heterocycles. The number of rotatable bonds is 3. The van der Waals surface area contributed by atoms with Crippen molar-refractivity contribution in [1.29, 1.82) is 0 Å². The molecule has 0 saturated carbocycles. The van der Waals surface area contributed by atoms with Gasteiger partial charge >= 0.3 is 0 Å². The summed E-state index contributed by atoms with van der Waals surface area (Å²) in [6.07, 6.45) is 6.21. The fraction of sp³-hybridized carbons (Fsp3) is 0.545. The molecule has 0 spiro atoms. The first-order valence-corrected chi connectivity index (χ1v) is 5.07. The molecule has 3 nitrogen and oxygen atoms in total. The number of anilines is 1. The highest BCUT2D eigenvalue weighted by Gasteiger charge is 2.24. The molecule has 1 aromatic rings. The van der Waals surface area contributed by atoms with Gasteiger partial charge in [0.1, 0.15) is 0 Å². The number of methoxy groups -OCH3 is 1. The molecule has 14 heavy (non-hydrogen) atoms. The quantitative estimate of drug-likeness (QED) is 0.728. The van der Waals surface area contributed by atoms with E-state index in [2.05, 4.69) is 16.0 Å². The van der Waals surface area contributed by atoms with Crippen molar-refractivity contribution in [3.05, 3.63) is 24.5 Å². The van der Waals surface area contributed by atoms with Crippen molar-refractivity contribution in [2.24, 2.45) is 0 Å². The monoisotopic (exact) mass is 192 g/mol. The number of aromatic nitrogens is 1. The second kappa shape index (κ2) is 4.42. The standard InChI is InChI=1S/C11H16N2O/c1-14-9-11-5-3-7-13(11)10-4-2-6-12-8-10/h2,4,6,8,11H,3,5,7,9H2,1H3. The Bertz CT molecular complexity index is 276. The van der Waals surface area contributed by atoms with Crippen molar-refractivity contribution in [2.45, 2.75) is 18.9 Å². The molecule has 0 aromatic carbocycles. The van der Waals surface area contributed by atoms with Crippen LogP contribution in [0.3, 0.4) is 0 Å². The van der Waals surface area contributed by atoms with Crippen molar-refractivity contribution >= 4 is 5.69 Å².